The summed E-state index contributed by atoms with van der Waals surface area (Å²) in [5.74, 6) is -0.0276. The number of nitrogens with two attached hydrogens (primary N) is 1. The number of ether oxygens (including phenoxy) is 2. The van der Waals surface area contributed by atoms with E-state index in [1.165, 1.54) is 0 Å². The van der Waals surface area contributed by atoms with Gasteiger partial charge in [-0.1, -0.05) is 18.2 Å². The minimum absolute atomic E-state index is 0.204. The lowest BCUT2D eigenvalue weighted by Gasteiger charge is -2.12. The molecule has 0 unspecified atom stereocenters. The number of esters is 1. The predicted molar refractivity (Wildman–Crippen MR) is 90.3 cm³/mol. The van der Waals surface area contributed by atoms with Crippen LogP contribution in [0.15, 0.2) is 42.5 Å². The summed E-state index contributed by atoms with van der Waals surface area (Å²) < 4.78 is 11.9. The highest BCUT2D eigenvalue weighted by Crippen LogP contribution is 2.25. The normalized spacial score (nSPS) is 10.2. The maximum atomic E-state index is 12.2. The van der Waals surface area contributed by atoms with Crippen LogP contribution in [0.4, 0.5) is 5.69 Å². The fourth-order valence-corrected chi connectivity index (χ4v) is 2.20. The lowest BCUT2D eigenvalue weighted by Crippen LogP contribution is -2.11. The molecule has 0 heterocycles. The van der Waals surface area contributed by atoms with Crippen LogP contribution in [0.2, 0.25) is 0 Å². The molecule has 2 rings (SSSR count). The summed E-state index contributed by atoms with van der Waals surface area (Å²) in [4.78, 5) is 12.2. The van der Waals surface area contributed by atoms with Crippen molar-refractivity contribution in [1.29, 1.82) is 0 Å². The fourth-order valence-electron chi connectivity index (χ4n) is 1.84. The maximum absolute atomic E-state index is 12.2. The molecule has 0 aliphatic carbocycles. The van der Waals surface area contributed by atoms with E-state index in [0.29, 0.717) is 18.0 Å². The number of carbonyl (C=O) groups is 1. The molecular formula is C16H16INO3. The van der Waals surface area contributed by atoms with E-state index in [9.17, 15) is 4.79 Å². The molecule has 0 saturated carbocycles. The smallest absolute Gasteiger partial charge is 0.344 e. The number of halogens is 1. The van der Waals surface area contributed by atoms with Crippen molar-refractivity contribution in [2.24, 2.45) is 0 Å². The molecule has 0 amide bonds. The Morgan fingerprint density at radius 3 is 2.57 bits per heavy atom. The molecule has 0 atom stereocenters. The number of hydrogen-bond acceptors (Lipinski definition) is 4. The molecule has 2 aromatic rings. The first-order valence-electron chi connectivity index (χ1n) is 6.54. The van der Waals surface area contributed by atoms with E-state index in [1.807, 2.05) is 31.2 Å². The Morgan fingerprint density at radius 2 is 1.90 bits per heavy atom. The number of hydrogen-bond donors (Lipinski definition) is 1. The van der Waals surface area contributed by atoms with Gasteiger partial charge in [0.05, 0.1) is 6.61 Å². The van der Waals surface area contributed by atoms with Crippen LogP contribution in [0.3, 0.4) is 0 Å². The van der Waals surface area contributed by atoms with Gasteiger partial charge in [0, 0.05) is 9.26 Å². The second kappa shape index (κ2) is 7.31. The Morgan fingerprint density at radius 1 is 1.19 bits per heavy atom. The van der Waals surface area contributed by atoms with Crippen LogP contribution in [0.1, 0.15) is 22.8 Å². The lowest BCUT2D eigenvalue weighted by atomic mass is 10.1. The monoisotopic (exact) mass is 397 g/mol. The van der Waals surface area contributed by atoms with Crippen molar-refractivity contribution in [1.82, 2.24) is 0 Å². The largest absolute Gasteiger partial charge is 0.493 e. The first kappa shape index (κ1) is 15.6. The van der Waals surface area contributed by atoms with Gasteiger partial charge in [-0.05, 0) is 59.3 Å². The minimum atomic E-state index is -0.477. The number of rotatable bonds is 5. The highest BCUT2D eigenvalue weighted by atomic mass is 127. The lowest BCUT2D eigenvalue weighted by molar-refractivity contribution is 0.0469. The Labute approximate surface area is 137 Å². The highest BCUT2D eigenvalue weighted by molar-refractivity contribution is 14.1. The topological polar surface area (TPSA) is 61.5 Å². The van der Waals surface area contributed by atoms with Crippen molar-refractivity contribution < 1.29 is 14.3 Å². The zero-order chi connectivity index (χ0) is 15.2. The third-order valence-electron chi connectivity index (χ3n) is 2.85. The van der Waals surface area contributed by atoms with E-state index < -0.39 is 5.97 Å². The zero-order valence-corrected chi connectivity index (χ0v) is 13.8. The van der Waals surface area contributed by atoms with E-state index in [0.717, 1.165) is 9.13 Å². The van der Waals surface area contributed by atoms with Crippen LogP contribution in [0.5, 0.6) is 5.75 Å². The van der Waals surface area contributed by atoms with E-state index in [1.54, 1.807) is 18.2 Å². The van der Waals surface area contributed by atoms with Crippen molar-refractivity contribution in [3.63, 3.8) is 0 Å². The molecule has 0 saturated heterocycles. The highest BCUT2D eigenvalue weighted by Gasteiger charge is 2.17. The average Bonchev–Trinajstić information content (AvgIpc) is 2.47. The summed E-state index contributed by atoms with van der Waals surface area (Å²) in [5.41, 5.74) is 7.42. The Balaban J connectivity index is 2.11. The molecular weight excluding hydrogens is 381 g/mol. The quantitative estimate of drug-likeness (QED) is 0.476. The second-order valence-electron chi connectivity index (χ2n) is 4.36. The number of carbonyl (C=O) groups excluding carboxylic acids is 1. The first-order chi connectivity index (χ1) is 10.1. The predicted octanol–water partition coefficient (Wildman–Crippen LogP) is 3.63. The van der Waals surface area contributed by atoms with Crippen molar-refractivity contribution in [2.45, 2.75) is 13.5 Å². The second-order valence-corrected chi connectivity index (χ2v) is 5.60. The van der Waals surface area contributed by atoms with Crippen LogP contribution in [0.25, 0.3) is 0 Å². The standard InChI is InChI=1S/C16H16INO3/c1-2-20-14-5-3-4-13(18)15(14)16(19)21-10-11-6-8-12(17)9-7-11/h3-9H,2,10,18H2,1H3. The van der Waals surface area contributed by atoms with Gasteiger partial charge in [0.1, 0.15) is 17.9 Å². The molecule has 2 N–H and O–H groups in total. The van der Waals surface area contributed by atoms with Gasteiger partial charge in [-0.15, -0.1) is 0 Å². The minimum Gasteiger partial charge on any atom is -0.493 e. The molecule has 0 aromatic heterocycles. The van der Waals surface area contributed by atoms with Gasteiger partial charge in [-0.3, -0.25) is 0 Å². The third kappa shape index (κ3) is 4.10. The molecule has 5 heteroatoms. The number of benzene rings is 2. The summed E-state index contributed by atoms with van der Waals surface area (Å²) >= 11 is 2.22. The Kier molecular flexibility index (Phi) is 5.44. The van der Waals surface area contributed by atoms with Gasteiger partial charge in [0.15, 0.2) is 0 Å². The maximum Gasteiger partial charge on any atom is 0.344 e. The number of anilines is 1. The van der Waals surface area contributed by atoms with Crippen molar-refractivity contribution in [2.75, 3.05) is 12.3 Å². The molecule has 4 nitrogen and oxygen atoms in total. The van der Waals surface area contributed by atoms with Crippen molar-refractivity contribution in [3.05, 3.63) is 57.2 Å². The van der Waals surface area contributed by atoms with Crippen molar-refractivity contribution in [3.8, 4) is 5.75 Å². The first-order valence-corrected chi connectivity index (χ1v) is 7.62. The van der Waals surface area contributed by atoms with E-state index >= 15 is 0 Å². The van der Waals surface area contributed by atoms with E-state index in [4.69, 9.17) is 15.2 Å². The zero-order valence-electron chi connectivity index (χ0n) is 11.6. The van der Waals surface area contributed by atoms with Gasteiger partial charge in [-0.25, -0.2) is 4.79 Å². The average molecular weight is 397 g/mol. The van der Waals surface area contributed by atoms with Gasteiger partial charge in [0.2, 0.25) is 0 Å². The summed E-state index contributed by atoms with van der Waals surface area (Å²) in [6.07, 6.45) is 0. The molecule has 21 heavy (non-hydrogen) atoms. The molecule has 0 radical (unpaired) electrons. The molecule has 2 aromatic carbocycles. The van der Waals surface area contributed by atoms with Crippen LogP contribution in [-0.4, -0.2) is 12.6 Å². The molecule has 0 bridgehead atoms. The van der Waals surface area contributed by atoms with E-state index in [-0.39, 0.29) is 12.2 Å². The van der Waals surface area contributed by atoms with Gasteiger partial charge in [-0.2, -0.15) is 0 Å². The van der Waals surface area contributed by atoms with Crippen molar-refractivity contribution >= 4 is 34.2 Å². The molecule has 110 valence electrons. The van der Waals surface area contributed by atoms with Gasteiger partial charge in [0.25, 0.3) is 0 Å². The Hall–Kier alpha value is -1.76. The SMILES string of the molecule is CCOc1cccc(N)c1C(=O)OCc1ccc(I)cc1. The summed E-state index contributed by atoms with van der Waals surface area (Å²) in [7, 11) is 0. The molecule has 0 fully saturated rings. The third-order valence-corrected chi connectivity index (χ3v) is 3.56. The summed E-state index contributed by atoms with van der Waals surface area (Å²) in [6.45, 7) is 2.51. The summed E-state index contributed by atoms with van der Waals surface area (Å²) in [6, 6.07) is 12.9. The van der Waals surface area contributed by atoms with Crippen LogP contribution < -0.4 is 10.5 Å². The van der Waals surface area contributed by atoms with Crippen LogP contribution >= 0.6 is 22.6 Å². The number of nitrogen functional groups attached to an aromatic ring is 1. The molecule has 0 aliphatic heterocycles. The molecule has 0 aliphatic rings. The van der Waals surface area contributed by atoms with Gasteiger partial charge >= 0.3 is 5.97 Å². The molecule has 0 spiro atoms. The fraction of sp³-hybridized carbons (Fsp3) is 0.188. The van der Waals surface area contributed by atoms with E-state index in [2.05, 4.69) is 22.6 Å². The van der Waals surface area contributed by atoms with Gasteiger partial charge < -0.3 is 15.2 Å². The summed E-state index contributed by atoms with van der Waals surface area (Å²) in [5, 5.41) is 0. The van der Waals surface area contributed by atoms with Crippen LogP contribution in [-0.2, 0) is 11.3 Å². The van der Waals surface area contributed by atoms with Crippen LogP contribution in [0, 0.1) is 3.57 Å². The Bertz CT molecular complexity index is 626.